The lowest BCUT2D eigenvalue weighted by Crippen LogP contribution is -2.68. The Bertz CT molecular complexity index is 1150. The topological polar surface area (TPSA) is 210 Å². The van der Waals surface area contributed by atoms with Crippen LogP contribution >= 0.6 is 0 Å². The third-order valence-corrected chi connectivity index (χ3v) is 5.02. The van der Waals surface area contributed by atoms with Crippen molar-refractivity contribution in [2.45, 2.75) is 17.5 Å². The van der Waals surface area contributed by atoms with E-state index in [9.17, 15) is 51.5 Å². The van der Waals surface area contributed by atoms with Gasteiger partial charge >= 0.3 is 30.1 Å². The van der Waals surface area contributed by atoms with Gasteiger partial charge in [-0.05, 0) is 35.4 Å². The van der Waals surface area contributed by atoms with E-state index in [1.807, 2.05) is 0 Å². The Balaban J connectivity index is 0.00000648. The molecule has 36 heavy (non-hydrogen) atoms. The number of aromatic carboxylic acids is 4. The normalized spacial score (nSPS) is 13.4. The van der Waals surface area contributed by atoms with E-state index in [2.05, 4.69) is 0 Å². The predicted molar refractivity (Wildman–Crippen MR) is 103 cm³/mol. The van der Waals surface area contributed by atoms with Crippen molar-refractivity contribution < 1.29 is 71.6 Å². The average Bonchev–Trinajstić information content (AvgIpc) is 2.72. The number of nitrogens with two attached hydrogens (primary N) is 1. The minimum Gasteiger partial charge on any atom is -0.478 e. The van der Waals surface area contributed by atoms with Gasteiger partial charge in [-0.15, -0.1) is 0 Å². The van der Waals surface area contributed by atoms with Gasteiger partial charge in [-0.1, -0.05) is 21.1 Å². The maximum atomic E-state index is 15.3. The van der Waals surface area contributed by atoms with Crippen molar-refractivity contribution in [1.29, 1.82) is 0 Å². The Kier molecular flexibility index (Phi) is 8.11. The van der Waals surface area contributed by atoms with Gasteiger partial charge in [0.1, 0.15) is 0 Å². The zero-order chi connectivity index (χ0) is 27.1. The van der Waals surface area contributed by atoms with E-state index in [1.54, 1.807) is 0 Å². The molecule has 2 aromatic rings. The molecule has 2 rings (SSSR count). The summed E-state index contributed by atoms with van der Waals surface area (Å²) >= 11 is 0. The lowest BCUT2D eigenvalue weighted by molar-refractivity contribution is -0.339. The second-order valence-corrected chi connectivity index (χ2v) is 6.90. The molecule has 8 N–H and O–H groups in total. The predicted octanol–water partition coefficient (Wildman–Crippen LogP) is 2.16. The lowest BCUT2D eigenvalue weighted by atomic mass is 9.69. The van der Waals surface area contributed by atoms with Gasteiger partial charge in [0.15, 0.2) is 5.41 Å². The Labute approximate surface area is 194 Å². The van der Waals surface area contributed by atoms with E-state index in [4.69, 9.17) is 15.9 Å². The first-order valence-electron chi connectivity index (χ1n) is 8.79. The number of carboxylic acids is 4. The van der Waals surface area contributed by atoms with Gasteiger partial charge in [-0.25, -0.2) is 23.6 Å². The minimum absolute atomic E-state index is 0. The molecule has 0 spiro atoms. The number of alkyl halides is 4. The van der Waals surface area contributed by atoms with Gasteiger partial charge in [0, 0.05) is 0 Å². The Morgan fingerprint density at radius 1 is 0.667 bits per heavy atom. The highest BCUT2D eigenvalue weighted by atomic mass is 19.4. The summed E-state index contributed by atoms with van der Waals surface area (Å²) in [5, 5.41) is 33.9. The molecule has 0 radical (unpaired) electrons. The molecular weight excluding hydrogens is 514 g/mol. The molecule has 11 nitrogen and oxygen atoms in total. The van der Waals surface area contributed by atoms with Crippen molar-refractivity contribution in [2.75, 3.05) is 0 Å². The molecule has 0 aromatic heterocycles. The fraction of sp³-hybridized carbons (Fsp3) is 0.158. The van der Waals surface area contributed by atoms with Crippen molar-refractivity contribution in [3.63, 3.8) is 0 Å². The first-order valence-corrected chi connectivity index (χ1v) is 8.79. The Morgan fingerprint density at radius 3 is 1.19 bits per heavy atom. The molecule has 17 heteroatoms. The van der Waals surface area contributed by atoms with Crippen LogP contribution in [0.15, 0.2) is 36.4 Å². The molecule has 1 unspecified atom stereocenters. The maximum absolute atomic E-state index is 15.3. The number of hydrogen-bond acceptors (Lipinski definition) is 6. The molecule has 0 bridgehead atoms. The van der Waals surface area contributed by atoms with Crippen LogP contribution in [0.3, 0.4) is 0 Å². The van der Waals surface area contributed by atoms with E-state index < -0.39 is 80.1 Å². The smallest absolute Gasteiger partial charge is 0.408 e. The largest absolute Gasteiger partial charge is 0.478 e. The minimum atomic E-state index is -6.19. The summed E-state index contributed by atoms with van der Waals surface area (Å²) in [6.45, 7) is 0. The van der Waals surface area contributed by atoms with Crippen LogP contribution < -0.4 is 5.73 Å². The van der Waals surface area contributed by atoms with E-state index in [-0.39, 0.29) is 41.9 Å². The quantitative estimate of drug-likeness (QED) is 0.146. The van der Waals surface area contributed by atoms with Crippen LogP contribution in [0.1, 0.15) is 52.6 Å². The van der Waals surface area contributed by atoms with Crippen molar-refractivity contribution in [3.05, 3.63) is 69.8 Å². The summed E-state index contributed by atoms with van der Waals surface area (Å²) in [5.74, 6) is -13.4. The number of benzene rings is 2. The number of nitrogens with zero attached hydrogens (tertiary/aromatic N) is 1. The van der Waals surface area contributed by atoms with Crippen molar-refractivity contribution >= 4 is 23.9 Å². The van der Waals surface area contributed by atoms with Crippen LogP contribution in [0.2, 0.25) is 0 Å². The van der Waals surface area contributed by atoms with Crippen LogP contribution in [-0.4, -0.2) is 67.2 Å². The van der Waals surface area contributed by atoms with E-state index in [0.717, 1.165) is 0 Å². The number of carbonyl (C=O) groups is 4. The third-order valence-electron chi connectivity index (χ3n) is 5.02. The standard InChI is InChI=1S/C19H12F6N2O8.H2O/c20-18(21,22)17(19(23,26)27(24)25,7-1-3-9(13(28)29)11(5-7)15(32)33)8-2-4-10(14(30)31)12(6-8)16(34)35;/h1-6H,26H2,(H,28,29)(H,30,31)(H,32,33)(H,34,35);1H2. The first kappa shape index (κ1) is 29.8. The van der Waals surface area contributed by atoms with Gasteiger partial charge < -0.3 is 25.9 Å². The molecule has 0 heterocycles. The Hall–Kier alpha value is -4.22. The first-order chi connectivity index (χ1) is 15.9. The van der Waals surface area contributed by atoms with Crippen LogP contribution in [0.25, 0.3) is 0 Å². The molecule has 0 saturated heterocycles. The summed E-state index contributed by atoms with van der Waals surface area (Å²) in [6.07, 6.45) is -6.19. The van der Waals surface area contributed by atoms with Crippen LogP contribution in [-0.2, 0) is 5.41 Å². The van der Waals surface area contributed by atoms with Gasteiger partial charge in [-0.2, -0.15) is 13.2 Å². The molecule has 0 saturated carbocycles. The van der Waals surface area contributed by atoms with Crippen molar-refractivity contribution in [3.8, 4) is 0 Å². The SMILES string of the molecule is NC(F)(N(F)F)C(c1ccc(C(=O)O)c(C(=O)O)c1)(c1ccc(C(=O)O)c(C(=O)O)c1)C(F)(F)F.O. The Morgan fingerprint density at radius 2 is 0.972 bits per heavy atom. The van der Waals surface area contributed by atoms with E-state index in [1.165, 1.54) is 0 Å². The highest BCUT2D eigenvalue weighted by Gasteiger charge is 2.72. The molecule has 0 aliphatic heterocycles. The monoisotopic (exact) mass is 528 g/mol. The zero-order valence-corrected chi connectivity index (χ0v) is 17.2. The molecule has 1 atom stereocenters. The third kappa shape index (κ3) is 4.53. The average molecular weight is 528 g/mol. The molecule has 0 aliphatic rings. The number of hydrogen-bond donors (Lipinski definition) is 5. The highest BCUT2D eigenvalue weighted by molar-refractivity contribution is 6.03. The summed E-state index contributed by atoms with van der Waals surface area (Å²) in [5.41, 5.74) is -8.21. The summed E-state index contributed by atoms with van der Waals surface area (Å²) < 4.78 is 86.1. The van der Waals surface area contributed by atoms with E-state index in [0.29, 0.717) is 0 Å². The summed E-state index contributed by atoms with van der Waals surface area (Å²) in [7, 11) is 0. The van der Waals surface area contributed by atoms with Crippen molar-refractivity contribution in [2.24, 2.45) is 5.73 Å². The number of halogens is 6. The van der Waals surface area contributed by atoms with Gasteiger partial charge in [0.25, 0.3) is 5.92 Å². The molecule has 0 amide bonds. The molecule has 0 fully saturated rings. The summed E-state index contributed by atoms with van der Waals surface area (Å²) in [4.78, 5) is 45.4. The fourth-order valence-corrected chi connectivity index (χ4v) is 3.51. The van der Waals surface area contributed by atoms with Crippen LogP contribution in [0.4, 0.5) is 26.5 Å². The summed E-state index contributed by atoms with van der Waals surface area (Å²) in [6, 6.07) is 0.745. The van der Waals surface area contributed by atoms with E-state index >= 15 is 4.39 Å². The molecule has 2 aromatic carbocycles. The van der Waals surface area contributed by atoms with Gasteiger partial charge in [0.2, 0.25) is 0 Å². The highest BCUT2D eigenvalue weighted by Crippen LogP contribution is 2.54. The van der Waals surface area contributed by atoms with Gasteiger partial charge in [0.05, 0.1) is 27.6 Å². The number of carboxylic acid groups (broad SMARTS) is 4. The second-order valence-electron chi connectivity index (χ2n) is 6.90. The maximum Gasteiger partial charge on any atom is 0.408 e. The van der Waals surface area contributed by atoms with Crippen molar-refractivity contribution in [1.82, 2.24) is 5.34 Å². The lowest BCUT2D eigenvalue weighted by Gasteiger charge is -2.44. The molecule has 0 aliphatic carbocycles. The van der Waals surface area contributed by atoms with Crippen LogP contribution in [0.5, 0.6) is 0 Å². The molecule has 196 valence electrons. The number of rotatable bonds is 8. The fourth-order valence-electron chi connectivity index (χ4n) is 3.51. The van der Waals surface area contributed by atoms with Crippen LogP contribution in [0, 0.1) is 0 Å². The second kappa shape index (κ2) is 9.80. The molecular formula is C19H14F6N2O9. The zero-order valence-electron chi connectivity index (χ0n) is 17.2. The van der Waals surface area contributed by atoms with Gasteiger partial charge in [-0.3, -0.25) is 5.73 Å².